The van der Waals surface area contributed by atoms with Crippen molar-refractivity contribution in [1.29, 1.82) is 0 Å². The molecule has 0 saturated heterocycles. The lowest BCUT2D eigenvalue weighted by molar-refractivity contribution is -0.131. The fraction of sp³-hybridized carbons (Fsp3) is 0.192. The third-order valence-electron chi connectivity index (χ3n) is 5.06. The summed E-state index contributed by atoms with van der Waals surface area (Å²) < 4.78 is 33.0. The van der Waals surface area contributed by atoms with Gasteiger partial charge in [0.25, 0.3) is 15.9 Å². The number of esters is 1. The summed E-state index contributed by atoms with van der Waals surface area (Å²) in [6.45, 7) is 6.44. The molecule has 0 radical (unpaired) electrons. The Labute approximate surface area is 205 Å². The topological polar surface area (TPSA) is 105 Å². The van der Waals surface area contributed by atoms with Crippen LogP contribution in [-0.4, -0.2) is 33.1 Å². The van der Waals surface area contributed by atoms with Crippen molar-refractivity contribution >= 4 is 33.8 Å². The second-order valence-corrected chi connectivity index (χ2v) is 9.93. The lowest BCUT2D eigenvalue weighted by Crippen LogP contribution is -2.40. The van der Waals surface area contributed by atoms with Crippen LogP contribution in [0.15, 0.2) is 76.7 Å². The van der Waals surface area contributed by atoms with Crippen molar-refractivity contribution in [1.82, 2.24) is 5.43 Å². The molecule has 0 fully saturated rings. The third kappa shape index (κ3) is 6.77. The van der Waals surface area contributed by atoms with Gasteiger partial charge in [-0.25, -0.2) is 13.8 Å². The highest BCUT2D eigenvalue weighted by atomic mass is 32.2. The molecule has 0 aliphatic heterocycles. The molecule has 182 valence electrons. The van der Waals surface area contributed by atoms with Gasteiger partial charge in [-0.3, -0.25) is 13.9 Å². The van der Waals surface area contributed by atoms with E-state index in [4.69, 9.17) is 4.74 Å². The van der Waals surface area contributed by atoms with Crippen LogP contribution in [-0.2, 0) is 19.6 Å². The predicted octanol–water partition coefficient (Wildman–Crippen LogP) is 3.88. The van der Waals surface area contributed by atoms with Crippen LogP contribution in [0.2, 0.25) is 0 Å². The van der Waals surface area contributed by atoms with Gasteiger partial charge in [0.2, 0.25) is 0 Å². The zero-order valence-electron chi connectivity index (χ0n) is 20.0. The van der Waals surface area contributed by atoms with Crippen LogP contribution in [0.5, 0.6) is 5.75 Å². The maximum Gasteiger partial charge on any atom is 0.308 e. The number of benzene rings is 3. The number of sulfonamides is 1. The molecule has 1 N–H and O–H groups in total. The Morgan fingerprint density at radius 1 is 0.943 bits per heavy atom. The number of hydrogen-bond acceptors (Lipinski definition) is 6. The van der Waals surface area contributed by atoms with Gasteiger partial charge in [0.05, 0.1) is 16.8 Å². The van der Waals surface area contributed by atoms with Crippen LogP contribution in [0.4, 0.5) is 5.69 Å². The highest BCUT2D eigenvalue weighted by Crippen LogP contribution is 2.27. The van der Waals surface area contributed by atoms with Crippen LogP contribution >= 0.6 is 0 Å². The molecule has 0 aliphatic rings. The van der Waals surface area contributed by atoms with Gasteiger partial charge in [0, 0.05) is 6.92 Å². The Kier molecular flexibility index (Phi) is 8.03. The van der Waals surface area contributed by atoms with Gasteiger partial charge in [-0.1, -0.05) is 35.4 Å². The summed E-state index contributed by atoms with van der Waals surface area (Å²) in [6, 6.07) is 18.4. The minimum absolute atomic E-state index is 0.0900. The Bertz CT molecular complexity index is 1350. The summed E-state index contributed by atoms with van der Waals surface area (Å²) in [5.74, 6) is -0.634. The molecule has 0 spiro atoms. The van der Waals surface area contributed by atoms with Gasteiger partial charge < -0.3 is 4.74 Å². The fourth-order valence-corrected chi connectivity index (χ4v) is 4.84. The molecule has 0 saturated carbocycles. The standard InChI is InChI=1S/C26H27N3O5S/c1-18-5-12-24(13-6-18)35(32,33)29(25-14-7-19(2)15-20(25)3)17-26(31)28-27-16-22-8-10-23(11-9-22)34-21(4)30/h5-16H,17H2,1-4H3,(H,28,31)/b27-16-. The van der Waals surface area contributed by atoms with Gasteiger partial charge in [-0.15, -0.1) is 0 Å². The van der Waals surface area contributed by atoms with E-state index in [-0.39, 0.29) is 4.90 Å². The molecular weight excluding hydrogens is 466 g/mol. The third-order valence-corrected chi connectivity index (χ3v) is 6.84. The maximum absolute atomic E-state index is 13.5. The van der Waals surface area contributed by atoms with Crippen LogP contribution in [0.25, 0.3) is 0 Å². The zero-order chi connectivity index (χ0) is 25.6. The number of nitrogens with zero attached hydrogens (tertiary/aromatic N) is 2. The fourth-order valence-electron chi connectivity index (χ4n) is 3.35. The monoisotopic (exact) mass is 493 g/mol. The summed E-state index contributed by atoms with van der Waals surface area (Å²) in [6.07, 6.45) is 1.41. The summed E-state index contributed by atoms with van der Waals surface area (Å²) in [5.41, 5.74) is 6.08. The van der Waals surface area contributed by atoms with E-state index >= 15 is 0 Å². The number of ether oxygens (including phenoxy) is 1. The number of nitrogens with one attached hydrogen (secondary N) is 1. The van der Waals surface area contributed by atoms with E-state index in [1.165, 1.54) is 25.3 Å². The van der Waals surface area contributed by atoms with E-state index < -0.39 is 28.4 Å². The molecule has 1 amide bonds. The summed E-state index contributed by atoms with van der Waals surface area (Å²) in [4.78, 5) is 23.8. The average molecular weight is 494 g/mol. The van der Waals surface area contributed by atoms with Crippen molar-refractivity contribution in [2.75, 3.05) is 10.8 Å². The molecule has 3 aromatic carbocycles. The predicted molar refractivity (Wildman–Crippen MR) is 135 cm³/mol. The summed E-state index contributed by atoms with van der Waals surface area (Å²) >= 11 is 0. The summed E-state index contributed by atoms with van der Waals surface area (Å²) in [7, 11) is -4.01. The second-order valence-electron chi connectivity index (χ2n) is 8.07. The van der Waals surface area contributed by atoms with Crippen LogP contribution in [0.3, 0.4) is 0 Å². The molecule has 8 nitrogen and oxygen atoms in total. The molecule has 0 atom stereocenters. The zero-order valence-corrected chi connectivity index (χ0v) is 20.8. The number of carbonyl (C=O) groups excluding carboxylic acids is 2. The molecule has 0 aliphatic carbocycles. The second kappa shape index (κ2) is 11.0. The van der Waals surface area contributed by atoms with E-state index in [2.05, 4.69) is 10.5 Å². The summed E-state index contributed by atoms with van der Waals surface area (Å²) in [5, 5.41) is 3.93. The number of anilines is 1. The molecule has 35 heavy (non-hydrogen) atoms. The highest BCUT2D eigenvalue weighted by molar-refractivity contribution is 7.92. The SMILES string of the molecule is CC(=O)Oc1ccc(/C=N\NC(=O)CN(c2ccc(C)cc2C)S(=O)(=O)c2ccc(C)cc2)cc1. The maximum atomic E-state index is 13.5. The minimum atomic E-state index is -4.01. The molecule has 0 aromatic heterocycles. The molecule has 9 heteroatoms. The van der Waals surface area contributed by atoms with Crippen molar-refractivity contribution < 1.29 is 22.7 Å². The van der Waals surface area contributed by atoms with Gasteiger partial charge in [-0.2, -0.15) is 5.10 Å². The Balaban J connectivity index is 1.80. The lowest BCUT2D eigenvalue weighted by atomic mass is 10.1. The molecule has 0 heterocycles. The van der Waals surface area contributed by atoms with Crippen molar-refractivity contribution in [3.05, 3.63) is 89.0 Å². The van der Waals surface area contributed by atoms with Crippen molar-refractivity contribution in [3.63, 3.8) is 0 Å². The van der Waals surface area contributed by atoms with Crippen molar-refractivity contribution in [3.8, 4) is 5.75 Å². The highest BCUT2D eigenvalue weighted by Gasteiger charge is 2.28. The van der Waals surface area contributed by atoms with Gasteiger partial charge in [-0.05, 0) is 74.4 Å². The van der Waals surface area contributed by atoms with Gasteiger partial charge in [0.1, 0.15) is 12.3 Å². The van der Waals surface area contributed by atoms with E-state index in [1.807, 2.05) is 19.9 Å². The van der Waals surface area contributed by atoms with Crippen LogP contribution < -0.4 is 14.5 Å². The van der Waals surface area contributed by atoms with E-state index in [9.17, 15) is 18.0 Å². The Morgan fingerprint density at radius 2 is 1.57 bits per heavy atom. The lowest BCUT2D eigenvalue weighted by Gasteiger charge is -2.25. The smallest absolute Gasteiger partial charge is 0.308 e. The first-order chi connectivity index (χ1) is 16.6. The quantitative estimate of drug-likeness (QED) is 0.222. The van der Waals surface area contributed by atoms with Gasteiger partial charge in [0.15, 0.2) is 0 Å². The van der Waals surface area contributed by atoms with E-state index in [0.717, 1.165) is 21.0 Å². The van der Waals surface area contributed by atoms with Crippen LogP contribution in [0.1, 0.15) is 29.2 Å². The number of amides is 1. The number of hydrazone groups is 1. The minimum Gasteiger partial charge on any atom is -0.427 e. The first-order valence-electron chi connectivity index (χ1n) is 10.8. The molecule has 0 unspecified atom stereocenters. The normalized spacial score (nSPS) is 11.3. The number of rotatable bonds is 8. The number of carbonyl (C=O) groups is 2. The Hall–Kier alpha value is -3.98. The van der Waals surface area contributed by atoms with Crippen molar-refractivity contribution in [2.45, 2.75) is 32.6 Å². The Morgan fingerprint density at radius 3 is 2.17 bits per heavy atom. The molecule has 0 bridgehead atoms. The molecule has 3 aromatic rings. The first-order valence-corrected chi connectivity index (χ1v) is 12.3. The molecular formula is C26H27N3O5S. The number of aryl methyl sites for hydroxylation is 3. The van der Waals surface area contributed by atoms with Crippen molar-refractivity contribution in [2.24, 2.45) is 5.10 Å². The largest absolute Gasteiger partial charge is 0.427 e. The number of hydrogen-bond donors (Lipinski definition) is 1. The average Bonchev–Trinajstić information content (AvgIpc) is 2.79. The first kappa shape index (κ1) is 25.6. The van der Waals surface area contributed by atoms with E-state index in [1.54, 1.807) is 55.5 Å². The van der Waals surface area contributed by atoms with Crippen LogP contribution in [0, 0.1) is 20.8 Å². The van der Waals surface area contributed by atoms with Gasteiger partial charge >= 0.3 is 5.97 Å². The van der Waals surface area contributed by atoms with E-state index in [0.29, 0.717) is 17.0 Å². The molecule has 3 rings (SSSR count).